The zero-order chi connectivity index (χ0) is 16.4. The summed E-state index contributed by atoms with van der Waals surface area (Å²) >= 11 is 1.48. The molecule has 1 heterocycles. The van der Waals surface area contributed by atoms with E-state index < -0.39 is 11.7 Å². The molecular weight excluding hydrogens is 323 g/mol. The van der Waals surface area contributed by atoms with Crippen LogP contribution in [0.15, 0.2) is 54.6 Å². The zero-order valence-electron chi connectivity index (χ0n) is 12.1. The highest BCUT2D eigenvalue weighted by Crippen LogP contribution is 2.40. The Morgan fingerprint density at radius 1 is 1.09 bits per heavy atom. The van der Waals surface area contributed by atoms with Crippen LogP contribution in [0.1, 0.15) is 26.9 Å². The van der Waals surface area contributed by atoms with E-state index in [-0.39, 0.29) is 11.3 Å². The van der Waals surface area contributed by atoms with Crippen molar-refractivity contribution < 1.29 is 18.0 Å². The number of amides is 1. The molecule has 23 heavy (non-hydrogen) atoms. The van der Waals surface area contributed by atoms with Crippen molar-refractivity contribution in [2.45, 2.75) is 11.6 Å². The first kappa shape index (κ1) is 15.9. The fourth-order valence-corrected chi connectivity index (χ4v) is 3.81. The number of hydrogen-bond acceptors (Lipinski definition) is 2. The summed E-state index contributed by atoms with van der Waals surface area (Å²) in [5.74, 6) is 0.553. The number of benzene rings is 2. The minimum absolute atomic E-state index is 0.155. The summed E-state index contributed by atoms with van der Waals surface area (Å²) in [4.78, 5) is 14.2. The Hall–Kier alpha value is -1.95. The lowest BCUT2D eigenvalue weighted by molar-refractivity contribution is -0.137. The third kappa shape index (κ3) is 3.37. The van der Waals surface area contributed by atoms with Gasteiger partial charge in [-0.05, 0) is 29.8 Å². The highest BCUT2D eigenvalue weighted by Gasteiger charge is 2.34. The summed E-state index contributed by atoms with van der Waals surface area (Å²) in [6.07, 6.45) is -4.38. The van der Waals surface area contributed by atoms with Gasteiger partial charge in [-0.25, -0.2) is 0 Å². The van der Waals surface area contributed by atoms with Crippen molar-refractivity contribution in [2.75, 3.05) is 12.3 Å². The van der Waals surface area contributed by atoms with Crippen molar-refractivity contribution in [1.29, 1.82) is 0 Å². The van der Waals surface area contributed by atoms with Gasteiger partial charge in [0.05, 0.1) is 5.56 Å². The highest BCUT2D eigenvalue weighted by molar-refractivity contribution is 7.99. The fourth-order valence-electron chi connectivity index (χ4n) is 2.57. The van der Waals surface area contributed by atoms with Crippen LogP contribution in [0.5, 0.6) is 0 Å². The van der Waals surface area contributed by atoms with E-state index in [2.05, 4.69) is 0 Å². The van der Waals surface area contributed by atoms with Gasteiger partial charge in [0.1, 0.15) is 5.37 Å². The molecule has 3 rings (SSSR count). The van der Waals surface area contributed by atoms with Crippen molar-refractivity contribution in [3.8, 4) is 0 Å². The molecule has 1 aliphatic heterocycles. The Morgan fingerprint density at radius 2 is 1.83 bits per heavy atom. The van der Waals surface area contributed by atoms with Crippen LogP contribution in [-0.2, 0) is 6.18 Å². The monoisotopic (exact) mass is 337 g/mol. The minimum atomic E-state index is -4.38. The number of halogens is 3. The molecule has 1 atom stereocenters. The van der Waals surface area contributed by atoms with E-state index in [0.29, 0.717) is 23.4 Å². The van der Waals surface area contributed by atoms with Gasteiger partial charge in [0.25, 0.3) is 5.91 Å². The van der Waals surface area contributed by atoms with Gasteiger partial charge in [-0.1, -0.05) is 30.3 Å². The zero-order valence-corrected chi connectivity index (χ0v) is 12.9. The van der Waals surface area contributed by atoms with E-state index in [1.54, 1.807) is 35.2 Å². The van der Waals surface area contributed by atoms with Gasteiger partial charge in [0.2, 0.25) is 0 Å². The minimum Gasteiger partial charge on any atom is -0.322 e. The first-order chi connectivity index (χ1) is 11.0. The average Bonchev–Trinajstić information content (AvgIpc) is 3.04. The van der Waals surface area contributed by atoms with Crippen LogP contribution in [0.3, 0.4) is 0 Å². The lowest BCUT2D eigenvalue weighted by Gasteiger charge is -2.24. The second-order valence-electron chi connectivity index (χ2n) is 5.21. The number of hydrogen-bond donors (Lipinski definition) is 0. The van der Waals surface area contributed by atoms with E-state index in [4.69, 9.17) is 0 Å². The molecule has 0 aliphatic carbocycles. The molecule has 0 aromatic heterocycles. The summed E-state index contributed by atoms with van der Waals surface area (Å²) in [6.45, 7) is 0.527. The normalized spacial score (nSPS) is 18.2. The summed E-state index contributed by atoms with van der Waals surface area (Å²) in [6, 6.07) is 14.0. The van der Waals surface area contributed by atoms with Crippen molar-refractivity contribution in [3.05, 3.63) is 71.3 Å². The number of carbonyl (C=O) groups is 1. The Morgan fingerprint density at radius 3 is 2.52 bits per heavy atom. The van der Waals surface area contributed by atoms with Crippen LogP contribution >= 0.6 is 11.8 Å². The number of carbonyl (C=O) groups excluding carboxylic acids is 1. The van der Waals surface area contributed by atoms with Gasteiger partial charge in [-0.2, -0.15) is 13.2 Å². The molecule has 0 spiro atoms. The van der Waals surface area contributed by atoms with Crippen LogP contribution in [-0.4, -0.2) is 23.1 Å². The molecule has 6 heteroatoms. The van der Waals surface area contributed by atoms with E-state index >= 15 is 0 Å². The highest BCUT2D eigenvalue weighted by atomic mass is 32.2. The van der Waals surface area contributed by atoms with Crippen LogP contribution in [0.25, 0.3) is 0 Å². The molecule has 0 N–H and O–H groups in total. The van der Waals surface area contributed by atoms with E-state index in [1.807, 2.05) is 6.07 Å². The topological polar surface area (TPSA) is 20.3 Å². The summed E-state index contributed by atoms with van der Waals surface area (Å²) in [5.41, 5.74) is 0.369. The van der Waals surface area contributed by atoms with Gasteiger partial charge >= 0.3 is 6.18 Å². The molecule has 2 nitrogen and oxygen atoms in total. The van der Waals surface area contributed by atoms with Gasteiger partial charge in [-0.3, -0.25) is 4.79 Å². The predicted octanol–water partition coefficient (Wildman–Crippen LogP) is 4.59. The van der Waals surface area contributed by atoms with Gasteiger partial charge in [0, 0.05) is 17.9 Å². The van der Waals surface area contributed by atoms with Crippen LogP contribution in [0.2, 0.25) is 0 Å². The molecule has 0 saturated carbocycles. The third-order valence-electron chi connectivity index (χ3n) is 3.67. The molecule has 1 saturated heterocycles. The van der Waals surface area contributed by atoms with E-state index in [9.17, 15) is 18.0 Å². The quantitative estimate of drug-likeness (QED) is 0.799. The molecule has 120 valence electrons. The molecule has 1 amide bonds. The standard InChI is InChI=1S/C17H14F3NOS/c18-17(19,20)14-8-4-7-13(11-14)16-21(9-10-23-16)15(22)12-5-2-1-3-6-12/h1-8,11,16H,9-10H2/t16-/m0/s1. The average molecular weight is 337 g/mol. The van der Waals surface area contributed by atoms with Crippen molar-refractivity contribution in [1.82, 2.24) is 4.90 Å². The second-order valence-corrected chi connectivity index (χ2v) is 6.40. The molecule has 2 aromatic carbocycles. The van der Waals surface area contributed by atoms with Gasteiger partial charge in [0.15, 0.2) is 0 Å². The third-order valence-corrected chi connectivity index (χ3v) is 4.93. The van der Waals surface area contributed by atoms with Crippen LogP contribution in [0, 0.1) is 0 Å². The van der Waals surface area contributed by atoms with Crippen molar-refractivity contribution >= 4 is 17.7 Å². The number of nitrogens with zero attached hydrogens (tertiary/aromatic N) is 1. The maximum atomic E-state index is 12.9. The van der Waals surface area contributed by atoms with Crippen molar-refractivity contribution in [2.24, 2.45) is 0 Å². The first-order valence-electron chi connectivity index (χ1n) is 7.11. The maximum Gasteiger partial charge on any atom is 0.416 e. The van der Waals surface area contributed by atoms with Gasteiger partial charge in [-0.15, -0.1) is 11.8 Å². The van der Waals surface area contributed by atoms with Crippen LogP contribution in [0.4, 0.5) is 13.2 Å². The molecule has 1 aliphatic rings. The lowest BCUT2D eigenvalue weighted by atomic mass is 10.1. The summed E-state index contributed by atoms with van der Waals surface area (Å²) < 4.78 is 38.7. The predicted molar refractivity (Wildman–Crippen MR) is 84.1 cm³/mol. The maximum absolute atomic E-state index is 12.9. The number of alkyl halides is 3. The molecule has 0 bridgehead atoms. The molecular formula is C17H14F3NOS. The van der Waals surface area contributed by atoms with E-state index in [0.717, 1.165) is 12.1 Å². The van der Waals surface area contributed by atoms with Gasteiger partial charge < -0.3 is 4.90 Å². The number of thioether (sulfide) groups is 1. The Labute approximate surface area is 136 Å². The smallest absolute Gasteiger partial charge is 0.322 e. The summed E-state index contributed by atoms with van der Waals surface area (Å²) in [5, 5.41) is -0.384. The first-order valence-corrected chi connectivity index (χ1v) is 8.16. The van der Waals surface area contributed by atoms with Crippen LogP contribution < -0.4 is 0 Å². The lowest BCUT2D eigenvalue weighted by Crippen LogP contribution is -2.30. The fraction of sp³-hybridized carbons (Fsp3) is 0.235. The SMILES string of the molecule is O=C(c1ccccc1)N1CCS[C@H]1c1cccc(C(F)(F)F)c1. The molecule has 1 fully saturated rings. The largest absolute Gasteiger partial charge is 0.416 e. The van der Waals surface area contributed by atoms with Crippen molar-refractivity contribution in [3.63, 3.8) is 0 Å². The second kappa shape index (κ2) is 6.28. The molecule has 2 aromatic rings. The Kier molecular flexibility index (Phi) is 4.35. The molecule has 0 unspecified atom stereocenters. The molecule has 0 radical (unpaired) electrons. The number of rotatable bonds is 2. The summed E-state index contributed by atoms with van der Waals surface area (Å²) in [7, 11) is 0. The Balaban J connectivity index is 1.89. The van der Waals surface area contributed by atoms with E-state index in [1.165, 1.54) is 17.8 Å². The Bertz CT molecular complexity index is 702.